The number of benzene rings is 1. The zero-order valence-electron chi connectivity index (χ0n) is 10.2. The summed E-state index contributed by atoms with van der Waals surface area (Å²) in [6, 6.07) is 9.67. The van der Waals surface area contributed by atoms with E-state index in [2.05, 4.69) is 10.3 Å². The molecule has 18 heavy (non-hydrogen) atoms. The Morgan fingerprint density at radius 1 is 1.44 bits per heavy atom. The Bertz CT molecular complexity index is 435. The molecule has 0 aromatic heterocycles. The minimum Gasteiger partial charge on any atom is -0.370 e. The quantitative estimate of drug-likeness (QED) is 0.469. The van der Waals surface area contributed by atoms with Gasteiger partial charge in [0.1, 0.15) is 0 Å². The van der Waals surface area contributed by atoms with Crippen molar-refractivity contribution in [1.82, 2.24) is 5.32 Å². The summed E-state index contributed by atoms with van der Waals surface area (Å²) >= 11 is 0. The van der Waals surface area contributed by atoms with E-state index in [1.165, 1.54) is 0 Å². The molecule has 1 aliphatic heterocycles. The van der Waals surface area contributed by atoms with E-state index in [-0.39, 0.29) is 35.9 Å². The second-order valence-corrected chi connectivity index (χ2v) is 3.99. The van der Waals surface area contributed by atoms with Gasteiger partial charge in [0.15, 0.2) is 5.96 Å². The van der Waals surface area contributed by atoms with Gasteiger partial charge in [-0.3, -0.25) is 9.79 Å². The minimum absolute atomic E-state index is 0. The van der Waals surface area contributed by atoms with Crippen LogP contribution in [-0.2, 0) is 4.79 Å². The van der Waals surface area contributed by atoms with Crippen molar-refractivity contribution in [1.29, 1.82) is 0 Å². The molecule has 3 N–H and O–H groups in total. The molecule has 1 aliphatic rings. The van der Waals surface area contributed by atoms with Gasteiger partial charge in [-0.05, 0) is 12.1 Å². The topological polar surface area (TPSA) is 70.7 Å². The van der Waals surface area contributed by atoms with Crippen LogP contribution in [0.1, 0.15) is 6.42 Å². The first-order valence-electron chi connectivity index (χ1n) is 5.55. The van der Waals surface area contributed by atoms with Crippen molar-refractivity contribution >= 4 is 41.5 Å². The maximum absolute atomic E-state index is 11.9. The monoisotopic (exact) mass is 360 g/mol. The predicted octanol–water partition coefficient (Wildman–Crippen LogP) is 0.944. The highest BCUT2D eigenvalue weighted by atomic mass is 127. The Hall–Kier alpha value is -1.31. The number of hydrogen-bond acceptors (Lipinski definition) is 2. The second kappa shape index (κ2) is 6.58. The lowest BCUT2D eigenvalue weighted by atomic mass is 10.2. The van der Waals surface area contributed by atoms with Gasteiger partial charge in [-0.25, -0.2) is 0 Å². The summed E-state index contributed by atoms with van der Waals surface area (Å²) in [6.45, 7) is 0.624. The molecule has 1 fully saturated rings. The van der Waals surface area contributed by atoms with Gasteiger partial charge in [-0.15, -0.1) is 24.0 Å². The van der Waals surface area contributed by atoms with Gasteiger partial charge in [-0.2, -0.15) is 0 Å². The van der Waals surface area contributed by atoms with Crippen molar-refractivity contribution in [3.8, 4) is 0 Å². The predicted molar refractivity (Wildman–Crippen MR) is 83.3 cm³/mol. The van der Waals surface area contributed by atoms with E-state index in [1.54, 1.807) is 11.9 Å². The van der Waals surface area contributed by atoms with Crippen molar-refractivity contribution in [2.24, 2.45) is 10.7 Å². The number of halogens is 1. The lowest BCUT2D eigenvalue weighted by Gasteiger charge is -2.17. The van der Waals surface area contributed by atoms with E-state index in [0.29, 0.717) is 18.9 Å². The first-order chi connectivity index (χ1) is 8.20. The van der Waals surface area contributed by atoms with Crippen molar-refractivity contribution in [3.63, 3.8) is 0 Å². The molecule has 0 bridgehead atoms. The number of aliphatic imine (C=N–C) groups is 1. The van der Waals surface area contributed by atoms with Gasteiger partial charge in [0.05, 0.1) is 6.04 Å². The lowest BCUT2D eigenvalue weighted by Crippen LogP contribution is -2.41. The summed E-state index contributed by atoms with van der Waals surface area (Å²) in [4.78, 5) is 17.5. The number of para-hydroxylation sites is 1. The molecule has 1 atom stereocenters. The smallest absolute Gasteiger partial charge is 0.229 e. The molecule has 0 radical (unpaired) electrons. The maximum atomic E-state index is 11.9. The third kappa shape index (κ3) is 3.34. The Balaban J connectivity index is 0.00000162. The third-order valence-electron chi connectivity index (χ3n) is 2.79. The summed E-state index contributed by atoms with van der Waals surface area (Å²) in [6.07, 6.45) is 0.450. The SMILES string of the molecule is CN=C(N)NC1CC(=O)N(c2ccccc2)C1.I. The number of anilines is 1. The highest BCUT2D eigenvalue weighted by molar-refractivity contribution is 14.0. The molecule has 0 saturated carbocycles. The van der Waals surface area contributed by atoms with E-state index >= 15 is 0 Å². The molecule has 2 rings (SSSR count). The van der Waals surface area contributed by atoms with Gasteiger partial charge >= 0.3 is 0 Å². The second-order valence-electron chi connectivity index (χ2n) is 3.99. The number of carbonyl (C=O) groups is 1. The highest BCUT2D eigenvalue weighted by Crippen LogP contribution is 2.20. The molecule has 98 valence electrons. The van der Waals surface area contributed by atoms with E-state index in [4.69, 9.17) is 5.73 Å². The summed E-state index contributed by atoms with van der Waals surface area (Å²) < 4.78 is 0. The van der Waals surface area contributed by atoms with E-state index < -0.39 is 0 Å². The summed E-state index contributed by atoms with van der Waals surface area (Å²) in [5.74, 6) is 0.482. The van der Waals surface area contributed by atoms with Gasteiger partial charge in [0, 0.05) is 25.7 Å². The standard InChI is InChI=1S/C12H16N4O.HI/c1-14-12(13)15-9-7-11(17)16(8-9)10-5-3-2-4-6-10;/h2-6,9H,7-8H2,1H3,(H3,13,14,15);1H. The number of nitrogens with two attached hydrogens (primary N) is 1. The molecule has 1 aromatic carbocycles. The van der Waals surface area contributed by atoms with Crippen LogP contribution in [0.25, 0.3) is 0 Å². The van der Waals surface area contributed by atoms with Crippen molar-refractivity contribution < 1.29 is 4.79 Å². The molecular weight excluding hydrogens is 343 g/mol. The Morgan fingerprint density at radius 2 is 2.11 bits per heavy atom. The molecule has 1 amide bonds. The lowest BCUT2D eigenvalue weighted by molar-refractivity contribution is -0.117. The van der Waals surface area contributed by atoms with Crippen LogP contribution in [0.3, 0.4) is 0 Å². The molecule has 1 saturated heterocycles. The van der Waals surface area contributed by atoms with Crippen LogP contribution in [0, 0.1) is 0 Å². The molecule has 1 unspecified atom stereocenters. The molecule has 6 heteroatoms. The van der Waals surface area contributed by atoms with Gasteiger partial charge in [-0.1, -0.05) is 18.2 Å². The van der Waals surface area contributed by atoms with Crippen molar-refractivity contribution in [3.05, 3.63) is 30.3 Å². The van der Waals surface area contributed by atoms with Crippen LogP contribution in [0.5, 0.6) is 0 Å². The Kier molecular flexibility index (Phi) is 5.39. The van der Waals surface area contributed by atoms with E-state index in [9.17, 15) is 4.79 Å². The zero-order valence-corrected chi connectivity index (χ0v) is 12.5. The average Bonchev–Trinajstić information content (AvgIpc) is 2.71. The average molecular weight is 360 g/mol. The number of amides is 1. The van der Waals surface area contributed by atoms with Crippen LogP contribution in [0.4, 0.5) is 5.69 Å². The number of nitrogens with zero attached hydrogens (tertiary/aromatic N) is 2. The molecular formula is C12H17IN4O. The number of carbonyl (C=O) groups excluding carboxylic acids is 1. The molecule has 5 nitrogen and oxygen atoms in total. The Labute approximate surface area is 123 Å². The Morgan fingerprint density at radius 3 is 2.72 bits per heavy atom. The largest absolute Gasteiger partial charge is 0.370 e. The molecule has 0 spiro atoms. The fourth-order valence-electron chi connectivity index (χ4n) is 1.94. The van der Waals surface area contributed by atoms with Crippen LogP contribution >= 0.6 is 24.0 Å². The van der Waals surface area contributed by atoms with Gasteiger partial charge < -0.3 is 16.0 Å². The first kappa shape index (κ1) is 14.7. The molecule has 1 aromatic rings. The molecule has 0 aliphatic carbocycles. The van der Waals surface area contributed by atoms with Crippen LogP contribution in [0.2, 0.25) is 0 Å². The first-order valence-corrected chi connectivity index (χ1v) is 5.55. The molecule has 1 heterocycles. The van der Waals surface area contributed by atoms with E-state index in [0.717, 1.165) is 5.69 Å². The van der Waals surface area contributed by atoms with Crippen LogP contribution in [0.15, 0.2) is 35.3 Å². The highest BCUT2D eigenvalue weighted by Gasteiger charge is 2.30. The number of guanidine groups is 1. The third-order valence-corrected chi connectivity index (χ3v) is 2.79. The summed E-state index contributed by atoms with van der Waals surface area (Å²) in [5.41, 5.74) is 6.52. The zero-order chi connectivity index (χ0) is 12.3. The fourth-order valence-corrected chi connectivity index (χ4v) is 1.94. The minimum atomic E-state index is 0. The van der Waals surface area contributed by atoms with Crippen LogP contribution < -0.4 is 16.0 Å². The van der Waals surface area contributed by atoms with Crippen LogP contribution in [-0.4, -0.2) is 31.5 Å². The van der Waals surface area contributed by atoms with Gasteiger partial charge in [0.2, 0.25) is 5.91 Å². The summed E-state index contributed by atoms with van der Waals surface area (Å²) in [7, 11) is 1.62. The number of nitrogens with one attached hydrogen (secondary N) is 1. The fraction of sp³-hybridized carbons (Fsp3) is 0.333. The van der Waals surface area contributed by atoms with Crippen molar-refractivity contribution in [2.45, 2.75) is 12.5 Å². The maximum Gasteiger partial charge on any atom is 0.229 e. The normalized spacial score (nSPS) is 19.6. The number of rotatable bonds is 2. The van der Waals surface area contributed by atoms with E-state index in [1.807, 2.05) is 30.3 Å². The number of hydrogen-bond donors (Lipinski definition) is 2. The van der Waals surface area contributed by atoms with Gasteiger partial charge in [0.25, 0.3) is 0 Å². The summed E-state index contributed by atoms with van der Waals surface area (Å²) in [5, 5.41) is 3.02. The van der Waals surface area contributed by atoms with Crippen molar-refractivity contribution in [2.75, 3.05) is 18.5 Å².